The lowest BCUT2D eigenvalue weighted by atomic mass is 10.3. The molecule has 0 aliphatic rings. The van der Waals surface area contributed by atoms with E-state index in [1.165, 1.54) is 0 Å². The Labute approximate surface area is 126 Å². The molecule has 0 radical (unpaired) electrons. The fourth-order valence-corrected chi connectivity index (χ4v) is 1.85. The number of rotatable bonds is 4. The standard InChI is InChI=1S/C15H13N5O2/c1-10-4-2-6-12(18-10)15(21)17-9-13-19-14(20-22-13)11-5-3-7-16-8-11/h2-8H,9H2,1H3,(H,17,21). The van der Waals surface area contributed by atoms with Crippen LogP contribution in [0.1, 0.15) is 22.1 Å². The highest BCUT2D eigenvalue weighted by Gasteiger charge is 2.11. The van der Waals surface area contributed by atoms with Crippen LogP contribution in [0.4, 0.5) is 0 Å². The molecule has 7 heteroatoms. The molecule has 0 unspecified atom stereocenters. The average Bonchev–Trinajstić information content (AvgIpc) is 3.02. The summed E-state index contributed by atoms with van der Waals surface area (Å²) in [6.07, 6.45) is 3.31. The van der Waals surface area contributed by atoms with Gasteiger partial charge in [0.15, 0.2) is 0 Å². The first-order chi connectivity index (χ1) is 10.7. The number of aryl methyl sites for hydroxylation is 1. The van der Waals surface area contributed by atoms with Crippen molar-refractivity contribution in [1.82, 2.24) is 25.4 Å². The number of carbonyl (C=O) groups is 1. The van der Waals surface area contributed by atoms with E-state index in [2.05, 4.69) is 25.4 Å². The summed E-state index contributed by atoms with van der Waals surface area (Å²) in [5, 5.41) is 6.55. The summed E-state index contributed by atoms with van der Waals surface area (Å²) in [6, 6.07) is 8.88. The summed E-state index contributed by atoms with van der Waals surface area (Å²) < 4.78 is 5.11. The van der Waals surface area contributed by atoms with Gasteiger partial charge in [-0.25, -0.2) is 4.98 Å². The van der Waals surface area contributed by atoms with Crippen molar-refractivity contribution in [3.63, 3.8) is 0 Å². The van der Waals surface area contributed by atoms with E-state index >= 15 is 0 Å². The molecule has 0 atom stereocenters. The molecule has 0 aliphatic heterocycles. The third kappa shape index (κ3) is 3.14. The number of nitrogens with zero attached hydrogens (tertiary/aromatic N) is 4. The van der Waals surface area contributed by atoms with Gasteiger partial charge in [-0.3, -0.25) is 9.78 Å². The summed E-state index contributed by atoms with van der Waals surface area (Å²) in [4.78, 5) is 24.3. The zero-order valence-electron chi connectivity index (χ0n) is 11.9. The van der Waals surface area contributed by atoms with Crippen LogP contribution < -0.4 is 5.32 Å². The van der Waals surface area contributed by atoms with Crippen molar-refractivity contribution in [1.29, 1.82) is 0 Å². The molecule has 1 amide bonds. The average molecular weight is 295 g/mol. The molecule has 3 rings (SSSR count). The molecule has 0 aromatic carbocycles. The Morgan fingerprint density at radius 2 is 2.14 bits per heavy atom. The highest BCUT2D eigenvalue weighted by Crippen LogP contribution is 2.13. The predicted molar refractivity (Wildman–Crippen MR) is 77.7 cm³/mol. The molecule has 22 heavy (non-hydrogen) atoms. The number of amides is 1. The van der Waals surface area contributed by atoms with Gasteiger partial charge in [0, 0.05) is 23.7 Å². The lowest BCUT2D eigenvalue weighted by Gasteiger charge is -2.02. The van der Waals surface area contributed by atoms with Gasteiger partial charge >= 0.3 is 0 Å². The van der Waals surface area contributed by atoms with Gasteiger partial charge < -0.3 is 9.84 Å². The Morgan fingerprint density at radius 1 is 1.23 bits per heavy atom. The van der Waals surface area contributed by atoms with Gasteiger partial charge in [-0.05, 0) is 31.2 Å². The van der Waals surface area contributed by atoms with Gasteiger partial charge in [-0.2, -0.15) is 4.98 Å². The quantitative estimate of drug-likeness (QED) is 0.788. The van der Waals surface area contributed by atoms with Crippen LogP contribution >= 0.6 is 0 Å². The maximum absolute atomic E-state index is 12.0. The van der Waals surface area contributed by atoms with Crippen LogP contribution in [0.25, 0.3) is 11.4 Å². The van der Waals surface area contributed by atoms with Crippen LogP contribution in [-0.4, -0.2) is 26.0 Å². The number of nitrogens with one attached hydrogen (secondary N) is 1. The molecule has 3 aromatic heterocycles. The smallest absolute Gasteiger partial charge is 0.270 e. The third-order valence-corrected chi connectivity index (χ3v) is 2.91. The van der Waals surface area contributed by atoms with Gasteiger partial charge in [-0.15, -0.1) is 0 Å². The fraction of sp³-hybridized carbons (Fsp3) is 0.133. The number of pyridine rings is 2. The van der Waals surface area contributed by atoms with Crippen molar-refractivity contribution in [2.75, 3.05) is 0 Å². The molecule has 3 aromatic rings. The molecule has 0 bridgehead atoms. The van der Waals surface area contributed by atoms with E-state index in [0.717, 1.165) is 11.3 Å². The van der Waals surface area contributed by atoms with Gasteiger partial charge in [0.05, 0.1) is 6.54 Å². The monoisotopic (exact) mass is 295 g/mol. The predicted octanol–water partition coefficient (Wildman–Crippen LogP) is 1.77. The van der Waals surface area contributed by atoms with Crippen molar-refractivity contribution in [2.24, 2.45) is 0 Å². The van der Waals surface area contributed by atoms with Crippen LogP contribution in [0.15, 0.2) is 47.2 Å². The minimum absolute atomic E-state index is 0.141. The van der Waals surface area contributed by atoms with E-state index < -0.39 is 0 Å². The lowest BCUT2D eigenvalue weighted by molar-refractivity contribution is 0.0941. The first-order valence-electron chi connectivity index (χ1n) is 6.67. The Morgan fingerprint density at radius 3 is 2.91 bits per heavy atom. The van der Waals surface area contributed by atoms with Crippen LogP contribution in [-0.2, 0) is 6.54 Å². The summed E-state index contributed by atoms with van der Waals surface area (Å²) in [5.41, 5.74) is 1.89. The van der Waals surface area contributed by atoms with Gasteiger partial charge in [0.1, 0.15) is 5.69 Å². The molecule has 0 spiro atoms. The maximum atomic E-state index is 12.0. The summed E-state index contributed by atoms with van der Waals surface area (Å²) in [7, 11) is 0. The zero-order valence-corrected chi connectivity index (χ0v) is 11.9. The molecule has 0 fully saturated rings. The van der Waals surface area contributed by atoms with Gasteiger partial charge in [-0.1, -0.05) is 11.2 Å². The van der Waals surface area contributed by atoms with E-state index in [1.807, 2.05) is 19.1 Å². The minimum Gasteiger partial charge on any atom is -0.342 e. The lowest BCUT2D eigenvalue weighted by Crippen LogP contribution is -2.24. The highest BCUT2D eigenvalue weighted by molar-refractivity contribution is 5.92. The summed E-state index contributed by atoms with van der Waals surface area (Å²) in [5.74, 6) is 0.468. The fourth-order valence-electron chi connectivity index (χ4n) is 1.85. The first kappa shape index (κ1) is 13.9. The van der Waals surface area contributed by atoms with E-state index in [1.54, 1.807) is 30.6 Å². The van der Waals surface area contributed by atoms with Gasteiger partial charge in [0.25, 0.3) is 5.91 Å². The Balaban J connectivity index is 1.65. The van der Waals surface area contributed by atoms with Gasteiger partial charge in [0.2, 0.25) is 11.7 Å². The normalized spacial score (nSPS) is 10.4. The molecule has 7 nitrogen and oxygen atoms in total. The number of hydrogen-bond acceptors (Lipinski definition) is 6. The third-order valence-electron chi connectivity index (χ3n) is 2.91. The number of hydrogen-bond donors (Lipinski definition) is 1. The van der Waals surface area contributed by atoms with Crippen molar-refractivity contribution < 1.29 is 9.32 Å². The van der Waals surface area contributed by atoms with E-state index in [-0.39, 0.29) is 12.5 Å². The van der Waals surface area contributed by atoms with E-state index in [0.29, 0.717) is 17.4 Å². The number of aromatic nitrogens is 4. The first-order valence-corrected chi connectivity index (χ1v) is 6.67. The number of carbonyl (C=O) groups excluding carboxylic acids is 1. The second-order valence-corrected chi connectivity index (χ2v) is 4.60. The Bertz CT molecular complexity index is 785. The van der Waals surface area contributed by atoms with Crippen molar-refractivity contribution >= 4 is 5.91 Å². The summed E-state index contributed by atoms with van der Waals surface area (Å²) >= 11 is 0. The Kier molecular flexibility index (Phi) is 3.86. The maximum Gasteiger partial charge on any atom is 0.270 e. The van der Waals surface area contributed by atoms with Crippen LogP contribution in [0.3, 0.4) is 0 Å². The molecule has 0 saturated carbocycles. The van der Waals surface area contributed by atoms with Crippen molar-refractivity contribution in [3.8, 4) is 11.4 Å². The molecule has 1 N–H and O–H groups in total. The highest BCUT2D eigenvalue weighted by atomic mass is 16.5. The molecular formula is C15H13N5O2. The molecular weight excluding hydrogens is 282 g/mol. The van der Waals surface area contributed by atoms with Crippen molar-refractivity contribution in [3.05, 3.63) is 60.0 Å². The molecule has 0 aliphatic carbocycles. The van der Waals surface area contributed by atoms with Crippen LogP contribution in [0, 0.1) is 6.92 Å². The second kappa shape index (κ2) is 6.13. The molecule has 0 saturated heterocycles. The van der Waals surface area contributed by atoms with Crippen LogP contribution in [0.5, 0.6) is 0 Å². The van der Waals surface area contributed by atoms with Crippen molar-refractivity contribution in [2.45, 2.75) is 13.5 Å². The largest absolute Gasteiger partial charge is 0.342 e. The topological polar surface area (TPSA) is 93.8 Å². The van der Waals surface area contributed by atoms with E-state index in [9.17, 15) is 4.79 Å². The minimum atomic E-state index is -0.287. The Hall–Kier alpha value is -3.09. The summed E-state index contributed by atoms with van der Waals surface area (Å²) in [6.45, 7) is 1.97. The zero-order chi connectivity index (χ0) is 15.4. The molecule has 110 valence electrons. The van der Waals surface area contributed by atoms with Crippen LogP contribution in [0.2, 0.25) is 0 Å². The SMILES string of the molecule is Cc1cccc(C(=O)NCc2nc(-c3cccnc3)no2)n1. The molecule has 3 heterocycles. The van der Waals surface area contributed by atoms with E-state index in [4.69, 9.17) is 4.52 Å². The second-order valence-electron chi connectivity index (χ2n) is 4.60.